The predicted octanol–water partition coefficient (Wildman–Crippen LogP) is 4.30. The van der Waals surface area contributed by atoms with Crippen molar-refractivity contribution < 1.29 is 24.2 Å². The zero-order chi connectivity index (χ0) is 25.9. The molecule has 0 saturated heterocycles. The average molecular weight is 497 g/mol. The fourth-order valence-corrected chi connectivity index (χ4v) is 4.48. The Labute approximate surface area is 212 Å². The predicted molar refractivity (Wildman–Crippen MR) is 138 cm³/mol. The van der Waals surface area contributed by atoms with Gasteiger partial charge in [0.15, 0.2) is 6.17 Å². The van der Waals surface area contributed by atoms with Crippen LogP contribution in [0.5, 0.6) is 5.75 Å². The van der Waals surface area contributed by atoms with E-state index >= 15 is 0 Å². The lowest BCUT2D eigenvalue weighted by Crippen LogP contribution is -2.58. The summed E-state index contributed by atoms with van der Waals surface area (Å²) in [6.45, 7) is 4.42. The molecular formula is C27H36N4O5. The molecule has 1 unspecified atom stereocenters. The average Bonchev–Trinajstić information content (AvgIpc) is 3.42. The van der Waals surface area contributed by atoms with Gasteiger partial charge in [0, 0.05) is 37.3 Å². The molecule has 9 heteroatoms. The number of carboxylic acids is 1. The van der Waals surface area contributed by atoms with E-state index in [-0.39, 0.29) is 24.3 Å². The molecule has 2 amide bonds. The van der Waals surface area contributed by atoms with Crippen LogP contribution in [-0.2, 0) is 14.4 Å². The Balaban J connectivity index is 1.85. The van der Waals surface area contributed by atoms with Gasteiger partial charge in [-0.05, 0) is 62.6 Å². The van der Waals surface area contributed by atoms with Gasteiger partial charge in [-0.3, -0.25) is 19.3 Å². The number of nitrogens with zero attached hydrogens (tertiary/aromatic N) is 3. The van der Waals surface area contributed by atoms with Crippen LogP contribution in [-0.4, -0.2) is 58.1 Å². The van der Waals surface area contributed by atoms with E-state index in [0.29, 0.717) is 43.2 Å². The third-order valence-corrected chi connectivity index (χ3v) is 6.29. The van der Waals surface area contributed by atoms with Crippen molar-refractivity contribution in [2.24, 2.45) is 0 Å². The number of carbonyl (C=O) groups excluding carboxylic acids is 2. The number of aromatic nitrogens is 1. The molecule has 0 bridgehead atoms. The van der Waals surface area contributed by atoms with E-state index in [4.69, 9.17) is 9.84 Å². The molecule has 1 atom stereocenters. The van der Waals surface area contributed by atoms with Gasteiger partial charge in [0.05, 0.1) is 6.61 Å². The molecule has 1 aromatic carbocycles. The second kappa shape index (κ2) is 13.5. The largest absolute Gasteiger partial charge is 0.494 e. The van der Waals surface area contributed by atoms with Crippen molar-refractivity contribution >= 4 is 29.3 Å². The van der Waals surface area contributed by atoms with Crippen LogP contribution >= 0.6 is 0 Å². The first-order valence-electron chi connectivity index (χ1n) is 12.7. The van der Waals surface area contributed by atoms with Crippen molar-refractivity contribution in [1.29, 1.82) is 0 Å². The Bertz CT molecular complexity index is 993. The number of hydrogen-bond acceptors (Lipinski definition) is 6. The fourth-order valence-electron chi connectivity index (χ4n) is 4.48. The van der Waals surface area contributed by atoms with Gasteiger partial charge in [0.25, 0.3) is 5.91 Å². The van der Waals surface area contributed by atoms with Gasteiger partial charge in [0.2, 0.25) is 5.91 Å². The molecule has 2 aromatic rings. The molecule has 2 N–H and O–H groups in total. The summed E-state index contributed by atoms with van der Waals surface area (Å²) in [5.74, 6) is -0.0109. The quantitative estimate of drug-likeness (QED) is 0.314. The van der Waals surface area contributed by atoms with E-state index in [1.165, 1.54) is 0 Å². The highest BCUT2D eigenvalue weighted by molar-refractivity contribution is 6.00. The summed E-state index contributed by atoms with van der Waals surface area (Å²) in [5.41, 5.74) is 0.676. The Morgan fingerprint density at radius 2 is 1.83 bits per heavy atom. The van der Waals surface area contributed by atoms with E-state index < -0.39 is 12.1 Å². The molecular weight excluding hydrogens is 460 g/mol. The molecule has 9 nitrogen and oxygen atoms in total. The van der Waals surface area contributed by atoms with Crippen molar-refractivity contribution in [2.45, 2.75) is 71.0 Å². The standard InChI is InChI=1S/C27H36N4O5/c1-3-24(32)31(21-10-5-6-11-21)26(27(35)30(4-2)23-12-7-8-18-28-23)29-20-14-16-22(17-15-20)36-19-9-13-25(33)34/h7-8,12,14-18,21,26,29H,3-6,9-11,13,19H2,1-2H3,(H,33,34). The molecule has 1 aliphatic carbocycles. The molecule has 3 rings (SSSR count). The number of carboxylic acid groups (broad SMARTS) is 1. The van der Waals surface area contributed by atoms with Crippen LogP contribution in [0.2, 0.25) is 0 Å². The molecule has 1 aliphatic rings. The van der Waals surface area contributed by atoms with Crippen molar-refractivity contribution in [3.05, 3.63) is 48.7 Å². The maximum atomic E-state index is 14.0. The number of amides is 2. The summed E-state index contributed by atoms with van der Waals surface area (Å²) in [6, 6.07) is 12.6. The zero-order valence-corrected chi connectivity index (χ0v) is 21.1. The second-order valence-corrected chi connectivity index (χ2v) is 8.78. The zero-order valence-electron chi connectivity index (χ0n) is 21.1. The highest BCUT2D eigenvalue weighted by atomic mass is 16.5. The van der Waals surface area contributed by atoms with Gasteiger partial charge in [-0.15, -0.1) is 0 Å². The number of rotatable bonds is 13. The van der Waals surface area contributed by atoms with Crippen LogP contribution in [0.3, 0.4) is 0 Å². The first-order valence-corrected chi connectivity index (χ1v) is 12.7. The summed E-state index contributed by atoms with van der Waals surface area (Å²) in [7, 11) is 0. The first kappa shape index (κ1) is 27.0. The van der Waals surface area contributed by atoms with Crippen LogP contribution in [0, 0.1) is 0 Å². The number of pyridine rings is 1. The second-order valence-electron chi connectivity index (χ2n) is 8.78. The van der Waals surface area contributed by atoms with E-state index in [2.05, 4.69) is 10.3 Å². The Morgan fingerprint density at radius 1 is 1.11 bits per heavy atom. The number of ether oxygens (including phenoxy) is 1. The van der Waals surface area contributed by atoms with Gasteiger partial charge in [0.1, 0.15) is 11.6 Å². The van der Waals surface area contributed by atoms with Crippen molar-refractivity contribution in [3.63, 3.8) is 0 Å². The lowest BCUT2D eigenvalue weighted by molar-refractivity contribution is -0.140. The van der Waals surface area contributed by atoms with Gasteiger partial charge in [-0.1, -0.05) is 25.8 Å². The number of likely N-dealkylation sites (N-methyl/N-ethyl adjacent to an activating group) is 1. The number of anilines is 2. The molecule has 0 spiro atoms. The van der Waals surface area contributed by atoms with Gasteiger partial charge < -0.3 is 20.1 Å². The Morgan fingerprint density at radius 3 is 2.42 bits per heavy atom. The van der Waals surface area contributed by atoms with Crippen molar-refractivity contribution in [1.82, 2.24) is 9.88 Å². The molecule has 1 heterocycles. The SMILES string of the molecule is CCC(=O)N(C1CCCC1)C(Nc1ccc(OCCCC(=O)O)cc1)C(=O)N(CC)c1ccccn1. The number of nitrogens with one attached hydrogen (secondary N) is 1. The van der Waals surface area contributed by atoms with Gasteiger partial charge in [-0.2, -0.15) is 0 Å². The number of carbonyl (C=O) groups is 3. The van der Waals surface area contributed by atoms with Crippen LogP contribution < -0.4 is 15.0 Å². The summed E-state index contributed by atoms with van der Waals surface area (Å²) in [5, 5.41) is 12.1. The van der Waals surface area contributed by atoms with E-state index in [1.54, 1.807) is 52.4 Å². The summed E-state index contributed by atoms with van der Waals surface area (Å²) >= 11 is 0. The molecule has 194 valence electrons. The summed E-state index contributed by atoms with van der Waals surface area (Å²) < 4.78 is 5.62. The monoisotopic (exact) mass is 496 g/mol. The van der Waals surface area contributed by atoms with Gasteiger partial charge >= 0.3 is 5.97 Å². The number of hydrogen-bond donors (Lipinski definition) is 2. The van der Waals surface area contributed by atoms with Gasteiger partial charge in [-0.25, -0.2) is 4.98 Å². The highest BCUT2D eigenvalue weighted by Crippen LogP contribution is 2.28. The number of aliphatic carboxylic acids is 1. The molecule has 1 aromatic heterocycles. The van der Waals surface area contributed by atoms with E-state index in [9.17, 15) is 14.4 Å². The van der Waals surface area contributed by atoms with Crippen molar-refractivity contribution in [2.75, 3.05) is 23.4 Å². The highest BCUT2D eigenvalue weighted by Gasteiger charge is 2.38. The van der Waals surface area contributed by atoms with E-state index in [0.717, 1.165) is 25.7 Å². The summed E-state index contributed by atoms with van der Waals surface area (Å²) in [6.07, 6.45) is 5.35. The third-order valence-electron chi connectivity index (χ3n) is 6.29. The first-order chi connectivity index (χ1) is 17.4. The number of benzene rings is 1. The lowest BCUT2D eigenvalue weighted by Gasteiger charge is -2.38. The third kappa shape index (κ3) is 7.19. The maximum Gasteiger partial charge on any atom is 0.303 e. The van der Waals surface area contributed by atoms with Crippen LogP contribution in [0.15, 0.2) is 48.7 Å². The summed E-state index contributed by atoms with van der Waals surface area (Å²) in [4.78, 5) is 45.5. The van der Waals surface area contributed by atoms with Crippen LogP contribution in [0.25, 0.3) is 0 Å². The minimum absolute atomic E-state index is 0.00168. The minimum atomic E-state index is -0.884. The van der Waals surface area contributed by atoms with Crippen molar-refractivity contribution in [3.8, 4) is 5.75 Å². The topological polar surface area (TPSA) is 112 Å². The maximum absolute atomic E-state index is 14.0. The smallest absolute Gasteiger partial charge is 0.303 e. The molecule has 1 saturated carbocycles. The Hall–Kier alpha value is -3.62. The van der Waals surface area contributed by atoms with E-state index in [1.807, 2.05) is 19.9 Å². The van der Waals surface area contributed by atoms with Crippen LogP contribution in [0.1, 0.15) is 58.8 Å². The molecule has 1 fully saturated rings. The molecule has 36 heavy (non-hydrogen) atoms. The fraction of sp³-hybridized carbons (Fsp3) is 0.481. The Kier molecular flexibility index (Phi) is 10.1. The molecule has 0 aliphatic heterocycles. The van der Waals surface area contributed by atoms with Crippen LogP contribution in [0.4, 0.5) is 11.5 Å². The minimum Gasteiger partial charge on any atom is -0.494 e. The lowest BCUT2D eigenvalue weighted by atomic mass is 10.1. The normalized spacial score (nSPS) is 14.2. The molecule has 0 radical (unpaired) electrons.